The Morgan fingerprint density at radius 3 is 2.39 bits per heavy atom. The molecule has 28 heavy (non-hydrogen) atoms. The summed E-state index contributed by atoms with van der Waals surface area (Å²) in [5.41, 5.74) is 0.302. The van der Waals surface area contributed by atoms with Gasteiger partial charge in [0.05, 0.1) is 25.3 Å². The van der Waals surface area contributed by atoms with E-state index in [1.165, 1.54) is 37.3 Å². The Bertz CT molecular complexity index is 923. The summed E-state index contributed by atoms with van der Waals surface area (Å²) in [6.45, 7) is 0.250. The number of methoxy groups -OCH3 is 2. The number of aliphatic hydroxyl groups excluding tert-OH is 1. The molecule has 0 bridgehead atoms. The second kappa shape index (κ2) is 8.22. The third kappa shape index (κ3) is 3.48. The van der Waals surface area contributed by atoms with E-state index in [4.69, 9.17) is 9.47 Å². The molecule has 6 nitrogen and oxygen atoms in total. The van der Waals surface area contributed by atoms with Gasteiger partial charge in [-0.2, -0.15) is 0 Å². The maximum absolute atomic E-state index is 14.5. The van der Waals surface area contributed by atoms with Crippen LogP contribution in [0.4, 0.5) is 4.39 Å². The zero-order chi connectivity index (χ0) is 20.3. The van der Waals surface area contributed by atoms with Crippen molar-refractivity contribution in [3.8, 4) is 5.75 Å². The van der Waals surface area contributed by atoms with Gasteiger partial charge in [0.1, 0.15) is 17.3 Å². The van der Waals surface area contributed by atoms with Crippen LogP contribution in [0.25, 0.3) is 5.76 Å². The second-order valence-corrected chi connectivity index (χ2v) is 6.24. The molecule has 7 heteroatoms. The molecular weight excluding hydrogens is 365 g/mol. The van der Waals surface area contributed by atoms with Crippen LogP contribution in [0.5, 0.6) is 5.75 Å². The van der Waals surface area contributed by atoms with E-state index in [-0.39, 0.29) is 30.0 Å². The lowest BCUT2D eigenvalue weighted by Crippen LogP contribution is -2.33. The standard InChI is InChI=1S/C21H20FNO5/c1-27-12-11-23-18(15-5-3-4-6-16(15)22)17(20(25)21(23)26)19(24)13-7-9-14(28-2)10-8-13/h3-10,18,24H,11-12H2,1-2H3. The summed E-state index contributed by atoms with van der Waals surface area (Å²) in [5, 5.41) is 10.8. The second-order valence-electron chi connectivity index (χ2n) is 6.24. The SMILES string of the molecule is COCCN1C(=O)C(=O)C(=C(O)c2ccc(OC)cc2)C1c1ccccc1F. The first-order valence-electron chi connectivity index (χ1n) is 8.65. The van der Waals surface area contributed by atoms with E-state index in [9.17, 15) is 19.1 Å². The number of benzene rings is 2. The highest BCUT2D eigenvalue weighted by Gasteiger charge is 2.46. The van der Waals surface area contributed by atoms with Crippen LogP contribution in [0.3, 0.4) is 0 Å². The molecule has 1 atom stereocenters. The Labute approximate surface area is 161 Å². The topological polar surface area (TPSA) is 76.1 Å². The molecule has 1 unspecified atom stereocenters. The van der Waals surface area contributed by atoms with Gasteiger partial charge < -0.3 is 19.5 Å². The summed E-state index contributed by atoms with van der Waals surface area (Å²) >= 11 is 0. The Morgan fingerprint density at radius 2 is 1.79 bits per heavy atom. The summed E-state index contributed by atoms with van der Waals surface area (Å²) in [4.78, 5) is 26.5. The number of nitrogens with zero attached hydrogens (tertiary/aromatic N) is 1. The third-order valence-corrected chi connectivity index (χ3v) is 4.64. The van der Waals surface area contributed by atoms with Gasteiger partial charge in [0, 0.05) is 24.8 Å². The Kier molecular flexibility index (Phi) is 5.75. The van der Waals surface area contributed by atoms with Gasteiger partial charge in [-0.25, -0.2) is 4.39 Å². The smallest absolute Gasteiger partial charge is 0.295 e. The molecule has 0 spiro atoms. The van der Waals surface area contributed by atoms with Crippen molar-refractivity contribution in [2.75, 3.05) is 27.4 Å². The molecule has 1 fully saturated rings. The molecule has 0 aromatic heterocycles. The first kappa shape index (κ1) is 19.6. The summed E-state index contributed by atoms with van der Waals surface area (Å²) in [5.74, 6) is -2.03. The molecule has 1 saturated heterocycles. The zero-order valence-corrected chi connectivity index (χ0v) is 15.5. The number of halogens is 1. The van der Waals surface area contributed by atoms with Gasteiger partial charge in [-0.15, -0.1) is 0 Å². The number of hydrogen-bond acceptors (Lipinski definition) is 5. The van der Waals surface area contributed by atoms with Crippen molar-refractivity contribution in [2.45, 2.75) is 6.04 Å². The Morgan fingerprint density at radius 1 is 1.11 bits per heavy atom. The van der Waals surface area contributed by atoms with E-state index < -0.39 is 23.5 Å². The highest BCUT2D eigenvalue weighted by atomic mass is 19.1. The maximum Gasteiger partial charge on any atom is 0.295 e. The summed E-state index contributed by atoms with van der Waals surface area (Å²) in [6.07, 6.45) is 0. The van der Waals surface area contributed by atoms with Crippen LogP contribution in [0.15, 0.2) is 54.1 Å². The first-order chi connectivity index (χ1) is 13.5. The minimum atomic E-state index is -1.04. The van der Waals surface area contributed by atoms with Crippen molar-refractivity contribution >= 4 is 17.4 Å². The fourth-order valence-electron chi connectivity index (χ4n) is 3.22. The number of rotatable bonds is 6. The number of aliphatic hydroxyl groups is 1. The van der Waals surface area contributed by atoms with Crippen molar-refractivity contribution in [3.63, 3.8) is 0 Å². The fraction of sp³-hybridized carbons (Fsp3) is 0.238. The van der Waals surface area contributed by atoms with Gasteiger partial charge >= 0.3 is 0 Å². The quantitative estimate of drug-likeness (QED) is 0.470. The number of hydrogen-bond donors (Lipinski definition) is 1. The van der Waals surface area contributed by atoms with Gasteiger partial charge in [0.25, 0.3) is 11.7 Å². The van der Waals surface area contributed by atoms with E-state index in [1.807, 2.05) is 0 Å². The van der Waals surface area contributed by atoms with E-state index in [0.717, 1.165) is 0 Å². The number of likely N-dealkylation sites (tertiary alicyclic amines) is 1. The minimum absolute atomic E-state index is 0.0828. The molecule has 0 aliphatic carbocycles. The molecule has 1 heterocycles. The van der Waals surface area contributed by atoms with Crippen LogP contribution in [0, 0.1) is 5.82 Å². The van der Waals surface area contributed by atoms with E-state index in [1.54, 1.807) is 30.3 Å². The lowest BCUT2D eigenvalue weighted by molar-refractivity contribution is -0.140. The normalized spacial score (nSPS) is 18.5. The average molecular weight is 385 g/mol. The molecule has 1 aliphatic heterocycles. The summed E-state index contributed by atoms with van der Waals surface area (Å²) < 4.78 is 24.6. The maximum atomic E-state index is 14.5. The van der Waals surface area contributed by atoms with E-state index in [2.05, 4.69) is 0 Å². The van der Waals surface area contributed by atoms with Crippen molar-refractivity contribution in [1.29, 1.82) is 0 Å². The third-order valence-electron chi connectivity index (χ3n) is 4.64. The zero-order valence-electron chi connectivity index (χ0n) is 15.5. The van der Waals surface area contributed by atoms with Crippen LogP contribution >= 0.6 is 0 Å². The Hall–Kier alpha value is -3.19. The fourth-order valence-corrected chi connectivity index (χ4v) is 3.22. The van der Waals surface area contributed by atoms with Gasteiger partial charge in [0.15, 0.2) is 0 Å². The van der Waals surface area contributed by atoms with Crippen LogP contribution in [0.1, 0.15) is 17.2 Å². The lowest BCUT2D eigenvalue weighted by atomic mass is 9.95. The molecule has 0 saturated carbocycles. The first-order valence-corrected chi connectivity index (χ1v) is 8.65. The predicted molar refractivity (Wildman–Crippen MR) is 100 cm³/mol. The predicted octanol–water partition coefficient (Wildman–Crippen LogP) is 2.90. The van der Waals surface area contributed by atoms with Gasteiger partial charge in [0.2, 0.25) is 0 Å². The van der Waals surface area contributed by atoms with Crippen molar-refractivity contribution < 1.29 is 28.6 Å². The number of amides is 1. The molecule has 1 N–H and O–H groups in total. The highest BCUT2D eigenvalue weighted by molar-refractivity contribution is 6.46. The van der Waals surface area contributed by atoms with Crippen LogP contribution < -0.4 is 4.74 Å². The molecule has 3 rings (SSSR count). The van der Waals surface area contributed by atoms with E-state index in [0.29, 0.717) is 11.3 Å². The minimum Gasteiger partial charge on any atom is -0.507 e. The number of carbonyl (C=O) groups excluding carboxylic acids is 2. The van der Waals surface area contributed by atoms with Crippen LogP contribution in [-0.2, 0) is 14.3 Å². The Balaban J connectivity index is 2.16. The summed E-state index contributed by atoms with van der Waals surface area (Å²) in [6, 6.07) is 11.2. The number of Topliss-reactive ketones (excluding diaryl/α,β-unsaturated/α-hetero) is 1. The van der Waals surface area contributed by atoms with Crippen molar-refractivity contribution in [3.05, 3.63) is 71.0 Å². The monoisotopic (exact) mass is 385 g/mol. The summed E-state index contributed by atoms with van der Waals surface area (Å²) in [7, 11) is 2.97. The van der Waals surface area contributed by atoms with Gasteiger partial charge in [-0.3, -0.25) is 9.59 Å². The van der Waals surface area contributed by atoms with Crippen LogP contribution in [-0.4, -0.2) is 49.1 Å². The highest BCUT2D eigenvalue weighted by Crippen LogP contribution is 2.40. The molecular formula is C21H20FNO5. The van der Waals surface area contributed by atoms with Crippen LogP contribution in [0.2, 0.25) is 0 Å². The number of carbonyl (C=O) groups is 2. The molecule has 2 aromatic carbocycles. The molecule has 1 aliphatic rings. The molecule has 0 radical (unpaired) electrons. The van der Waals surface area contributed by atoms with Crippen molar-refractivity contribution in [1.82, 2.24) is 4.90 Å². The van der Waals surface area contributed by atoms with Gasteiger partial charge in [-0.05, 0) is 30.3 Å². The average Bonchev–Trinajstić information content (AvgIpc) is 2.96. The number of ether oxygens (including phenoxy) is 2. The number of ketones is 1. The largest absolute Gasteiger partial charge is 0.507 e. The molecule has 1 amide bonds. The van der Waals surface area contributed by atoms with Gasteiger partial charge in [-0.1, -0.05) is 18.2 Å². The van der Waals surface area contributed by atoms with E-state index >= 15 is 0 Å². The lowest BCUT2D eigenvalue weighted by Gasteiger charge is -2.25. The molecule has 146 valence electrons. The van der Waals surface area contributed by atoms with Crippen molar-refractivity contribution in [2.24, 2.45) is 0 Å². The molecule has 2 aromatic rings.